The minimum atomic E-state index is -0.299. The number of ether oxygens (including phenoxy) is 2. The third kappa shape index (κ3) is 6.47. The largest absolute Gasteiger partial charge is 0.493 e. The summed E-state index contributed by atoms with van der Waals surface area (Å²) in [4.78, 5) is 28.0. The van der Waals surface area contributed by atoms with Crippen molar-refractivity contribution in [3.63, 3.8) is 0 Å². The van der Waals surface area contributed by atoms with Crippen LogP contribution >= 0.6 is 11.3 Å². The zero-order valence-electron chi connectivity index (χ0n) is 21.1. The summed E-state index contributed by atoms with van der Waals surface area (Å²) in [6.45, 7) is 8.91. The SMILES string of the molecule is COc1cc(NC(=O)CNC(C)=O)cc(C)c1OCCCN1CCN(c2cccc3sccc23)CC1. The number of hydrogen-bond acceptors (Lipinski definition) is 7. The number of amides is 2. The highest BCUT2D eigenvalue weighted by molar-refractivity contribution is 7.17. The second kappa shape index (κ2) is 12.1. The lowest BCUT2D eigenvalue weighted by molar-refractivity contribution is -0.122. The highest BCUT2D eigenvalue weighted by Gasteiger charge is 2.19. The number of hydrogen-bond donors (Lipinski definition) is 2. The van der Waals surface area contributed by atoms with E-state index in [4.69, 9.17) is 9.47 Å². The fraction of sp³-hybridized carbons (Fsp3) is 0.407. The molecule has 2 N–H and O–H groups in total. The first kappa shape index (κ1) is 25.8. The Bertz CT molecular complexity index is 1200. The molecule has 0 radical (unpaired) electrons. The van der Waals surface area contributed by atoms with Crippen LogP contribution in [-0.2, 0) is 9.59 Å². The molecule has 192 valence electrons. The van der Waals surface area contributed by atoms with Crippen LogP contribution in [0, 0.1) is 6.92 Å². The first-order valence-electron chi connectivity index (χ1n) is 12.2. The van der Waals surface area contributed by atoms with Gasteiger partial charge in [-0.25, -0.2) is 0 Å². The summed E-state index contributed by atoms with van der Waals surface area (Å²) in [5, 5.41) is 8.78. The van der Waals surface area contributed by atoms with Gasteiger partial charge in [0.05, 0.1) is 20.3 Å². The molecule has 0 aliphatic carbocycles. The van der Waals surface area contributed by atoms with E-state index in [-0.39, 0.29) is 18.4 Å². The first-order valence-corrected chi connectivity index (χ1v) is 13.1. The average Bonchev–Trinajstić information content (AvgIpc) is 3.35. The van der Waals surface area contributed by atoms with Crippen molar-refractivity contribution in [2.45, 2.75) is 20.3 Å². The van der Waals surface area contributed by atoms with Gasteiger partial charge in [-0.2, -0.15) is 0 Å². The third-order valence-electron chi connectivity index (χ3n) is 6.29. The van der Waals surface area contributed by atoms with Gasteiger partial charge in [0.15, 0.2) is 11.5 Å². The van der Waals surface area contributed by atoms with E-state index >= 15 is 0 Å². The summed E-state index contributed by atoms with van der Waals surface area (Å²) < 4.78 is 12.9. The van der Waals surface area contributed by atoms with Gasteiger partial charge in [-0.05, 0) is 48.6 Å². The van der Waals surface area contributed by atoms with E-state index in [9.17, 15) is 9.59 Å². The Kier molecular flexibility index (Phi) is 8.66. The van der Waals surface area contributed by atoms with Crippen molar-refractivity contribution in [2.24, 2.45) is 0 Å². The van der Waals surface area contributed by atoms with Gasteiger partial charge < -0.3 is 25.0 Å². The van der Waals surface area contributed by atoms with Gasteiger partial charge in [0.25, 0.3) is 0 Å². The van der Waals surface area contributed by atoms with E-state index in [2.05, 4.69) is 50.1 Å². The van der Waals surface area contributed by atoms with Crippen molar-refractivity contribution in [3.05, 3.63) is 47.3 Å². The summed E-state index contributed by atoms with van der Waals surface area (Å²) >= 11 is 1.80. The van der Waals surface area contributed by atoms with Gasteiger partial charge in [0.1, 0.15) is 0 Å². The van der Waals surface area contributed by atoms with Crippen molar-refractivity contribution in [2.75, 3.05) is 63.2 Å². The number of anilines is 2. The predicted molar refractivity (Wildman–Crippen MR) is 146 cm³/mol. The number of nitrogens with zero attached hydrogens (tertiary/aromatic N) is 2. The standard InChI is InChI=1S/C27H34N4O4S/c1-19-16-21(29-26(33)18-28-20(2)32)17-24(34-3)27(19)35-14-5-9-30-10-12-31(13-11-30)23-6-4-7-25-22(23)8-15-36-25/h4,6-8,15-17H,5,9-14,18H2,1-3H3,(H,28,32)(H,29,33). The number of fused-ring (bicyclic) bond motifs is 1. The number of carbonyl (C=O) groups is 2. The van der Waals surface area contributed by atoms with Crippen LogP contribution in [-0.4, -0.2) is 69.7 Å². The lowest BCUT2D eigenvalue weighted by Crippen LogP contribution is -2.46. The highest BCUT2D eigenvalue weighted by Crippen LogP contribution is 2.35. The molecule has 0 spiro atoms. The number of thiophene rings is 1. The van der Waals surface area contributed by atoms with Gasteiger partial charge in [0, 0.05) is 67.2 Å². The van der Waals surface area contributed by atoms with E-state index in [0.717, 1.165) is 44.7 Å². The molecule has 4 rings (SSSR count). The van der Waals surface area contributed by atoms with Crippen LogP contribution in [0.2, 0.25) is 0 Å². The smallest absolute Gasteiger partial charge is 0.243 e. The van der Waals surface area contributed by atoms with E-state index in [1.807, 2.05) is 13.0 Å². The maximum Gasteiger partial charge on any atom is 0.243 e. The van der Waals surface area contributed by atoms with E-state index < -0.39 is 0 Å². The van der Waals surface area contributed by atoms with Gasteiger partial charge >= 0.3 is 0 Å². The molecule has 0 bridgehead atoms. The van der Waals surface area contributed by atoms with Gasteiger partial charge in [-0.1, -0.05) is 6.07 Å². The number of aryl methyl sites for hydroxylation is 1. The summed E-state index contributed by atoms with van der Waals surface area (Å²) in [5.41, 5.74) is 2.82. The number of methoxy groups -OCH3 is 1. The Morgan fingerprint density at radius 3 is 2.67 bits per heavy atom. The Balaban J connectivity index is 1.24. The molecular weight excluding hydrogens is 476 g/mol. The first-order chi connectivity index (χ1) is 17.4. The molecule has 1 aliphatic heterocycles. The number of rotatable bonds is 10. The molecule has 1 saturated heterocycles. The zero-order chi connectivity index (χ0) is 25.5. The van der Waals surface area contributed by atoms with Crippen LogP contribution in [0.3, 0.4) is 0 Å². The Hall–Kier alpha value is -3.30. The molecule has 36 heavy (non-hydrogen) atoms. The summed E-state index contributed by atoms with van der Waals surface area (Å²) in [6.07, 6.45) is 0.915. The number of carbonyl (C=O) groups excluding carboxylic acids is 2. The minimum absolute atomic E-state index is 0.0765. The predicted octanol–water partition coefficient (Wildman–Crippen LogP) is 3.88. The van der Waals surface area contributed by atoms with Crippen molar-refractivity contribution in [1.82, 2.24) is 10.2 Å². The third-order valence-corrected chi connectivity index (χ3v) is 7.18. The maximum atomic E-state index is 12.0. The van der Waals surface area contributed by atoms with Crippen molar-refractivity contribution in [3.8, 4) is 11.5 Å². The van der Waals surface area contributed by atoms with Crippen LogP contribution in [0.25, 0.3) is 10.1 Å². The number of piperazine rings is 1. The van der Waals surface area contributed by atoms with Gasteiger partial charge in [-0.15, -0.1) is 11.3 Å². The van der Waals surface area contributed by atoms with E-state index in [1.165, 1.54) is 22.7 Å². The molecule has 0 unspecified atom stereocenters. The molecule has 8 nitrogen and oxygen atoms in total. The monoisotopic (exact) mass is 510 g/mol. The molecule has 0 atom stereocenters. The Labute approximate surface area is 216 Å². The molecule has 2 heterocycles. The topological polar surface area (TPSA) is 83.1 Å². The summed E-state index contributed by atoms with van der Waals surface area (Å²) in [5.74, 6) is 0.708. The number of benzene rings is 2. The Morgan fingerprint density at radius 2 is 1.92 bits per heavy atom. The molecular formula is C27H34N4O4S. The van der Waals surface area contributed by atoms with Crippen molar-refractivity contribution in [1.29, 1.82) is 0 Å². The van der Waals surface area contributed by atoms with Crippen LogP contribution in [0.15, 0.2) is 41.8 Å². The molecule has 2 aromatic carbocycles. The molecule has 1 aromatic heterocycles. The van der Waals surface area contributed by atoms with Crippen molar-refractivity contribution >= 4 is 44.6 Å². The lowest BCUT2D eigenvalue weighted by atomic mass is 10.1. The van der Waals surface area contributed by atoms with Gasteiger partial charge in [0.2, 0.25) is 11.8 Å². The molecule has 1 aliphatic rings. The highest BCUT2D eigenvalue weighted by atomic mass is 32.1. The van der Waals surface area contributed by atoms with E-state index in [1.54, 1.807) is 24.5 Å². The quantitative estimate of drug-likeness (QED) is 0.403. The fourth-order valence-electron chi connectivity index (χ4n) is 4.49. The zero-order valence-corrected chi connectivity index (χ0v) is 22.0. The second-order valence-electron chi connectivity index (χ2n) is 8.92. The summed E-state index contributed by atoms with van der Waals surface area (Å²) in [7, 11) is 1.58. The van der Waals surface area contributed by atoms with Crippen LogP contribution < -0.4 is 25.0 Å². The van der Waals surface area contributed by atoms with E-state index in [0.29, 0.717) is 23.8 Å². The minimum Gasteiger partial charge on any atom is -0.493 e. The molecule has 2 amide bonds. The normalized spacial score (nSPS) is 14.0. The van der Waals surface area contributed by atoms with Crippen LogP contribution in [0.1, 0.15) is 18.9 Å². The fourth-order valence-corrected chi connectivity index (χ4v) is 5.30. The molecule has 3 aromatic rings. The van der Waals surface area contributed by atoms with Crippen molar-refractivity contribution < 1.29 is 19.1 Å². The summed E-state index contributed by atoms with van der Waals surface area (Å²) in [6, 6.07) is 12.4. The molecule has 1 fully saturated rings. The molecule has 0 saturated carbocycles. The van der Waals surface area contributed by atoms with Crippen LogP contribution in [0.5, 0.6) is 11.5 Å². The molecule has 9 heteroatoms. The second-order valence-corrected chi connectivity index (χ2v) is 9.87. The number of nitrogens with one attached hydrogen (secondary N) is 2. The lowest BCUT2D eigenvalue weighted by Gasteiger charge is -2.36. The Morgan fingerprint density at radius 1 is 1.11 bits per heavy atom. The van der Waals surface area contributed by atoms with Gasteiger partial charge in [-0.3, -0.25) is 14.5 Å². The van der Waals surface area contributed by atoms with Crippen LogP contribution in [0.4, 0.5) is 11.4 Å². The maximum absolute atomic E-state index is 12.0. The average molecular weight is 511 g/mol.